The molecule has 0 N–H and O–H groups in total. The van der Waals surface area contributed by atoms with Crippen molar-refractivity contribution in [1.29, 1.82) is 0 Å². The first kappa shape index (κ1) is 22.5. The largest absolute Gasteiger partial charge is 0.409 e. The molecule has 0 radical (unpaired) electrons. The molecule has 1 unspecified atom stereocenters. The van der Waals surface area contributed by atoms with Crippen molar-refractivity contribution < 1.29 is 27.2 Å². The van der Waals surface area contributed by atoms with Crippen LogP contribution in [-0.2, 0) is 27.2 Å². The monoisotopic (exact) mass is 393 g/mol. The molecule has 0 bridgehead atoms. The highest BCUT2D eigenvalue weighted by Crippen LogP contribution is 2.68. The average Bonchev–Trinajstić information content (AvgIpc) is 2.56. The summed E-state index contributed by atoms with van der Waals surface area (Å²) in [6.07, 6.45) is 0. The van der Waals surface area contributed by atoms with Crippen LogP contribution in [0.3, 0.4) is 0 Å². The van der Waals surface area contributed by atoms with E-state index in [1.165, 1.54) is 4.67 Å². The van der Waals surface area contributed by atoms with Gasteiger partial charge in [0.25, 0.3) is 0 Å². The SMILES string of the molecule is CCOP(=O)(OCC)C(c1ccccc1)N(C)P(=O)(OCC)OCC. The lowest BCUT2D eigenvalue weighted by atomic mass is 10.2. The quantitative estimate of drug-likeness (QED) is 0.459. The van der Waals surface area contributed by atoms with E-state index in [4.69, 9.17) is 18.1 Å². The topological polar surface area (TPSA) is 74.3 Å². The van der Waals surface area contributed by atoms with Gasteiger partial charge in [0.1, 0.15) is 5.78 Å². The van der Waals surface area contributed by atoms with Gasteiger partial charge in [0, 0.05) is 0 Å². The number of hydrogen-bond acceptors (Lipinski definition) is 6. The second-order valence-corrected chi connectivity index (χ2v) is 9.21. The van der Waals surface area contributed by atoms with Crippen molar-refractivity contribution in [2.75, 3.05) is 33.5 Å². The van der Waals surface area contributed by atoms with E-state index >= 15 is 0 Å². The Balaban J connectivity index is 3.44. The van der Waals surface area contributed by atoms with E-state index in [0.717, 1.165) is 0 Å². The minimum absolute atomic E-state index is 0.191. The molecule has 0 aliphatic carbocycles. The summed E-state index contributed by atoms with van der Waals surface area (Å²) in [5.74, 6) is -0.919. The van der Waals surface area contributed by atoms with E-state index in [1.807, 2.05) is 18.2 Å². The first-order chi connectivity index (χ1) is 11.9. The first-order valence-electron chi connectivity index (χ1n) is 8.44. The summed E-state index contributed by atoms with van der Waals surface area (Å²) < 4.78 is 49.9. The third-order valence-corrected chi connectivity index (χ3v) is 8.17. The van der Waals surface area contributed by atoms with Crippen LogP contribution < -0.4 is 0 Å². The number of benzene rings is 1. The Labute approximate surface area is 150 Å². The normalized spacial score (nSPS) is 14.0. The van der Waals surface area contributed by atoms with Crippen LogP contribution in [-0.4, -0.2) is 38.1 Å². The smallest absolute Gasteiger partial charge is 0.308 e. The molecule has 0 heterocycles. The van der Waals surface area contributed by atoms with Gasteiger partial charge in [-0.15, -0.1) is 0 Å². The zero-order chi connectivity index (χ0) is 18.9. The van der Waals surface area contributed by atoms with Gasteiger partial charge in [-0.2, -0.15) is 4.67 Å². The van der Waals surface area contributed by atoms with E-state index in [9.17, 15) is 9.13 Å². The summed E-state index contributed by atoms with van der Waals surface area (Å²) in [5.41, 5.74) is 0.648. The maximum absolute atomic E-state index is 13.5. The lowest BCUT2D eigenvalue weighted by molar-refractivity contribution is 0.152. The van der Waals surface area contributed by atoms with Gasteiger partial charge in [-0.25, -0.2) is 4.57 Å². The van der Waals surface area contributed by atoms with Gasteiger partial charge < -0.3 is 9.05 Å². The van der Waals surface area contributed by atoms with E-state index in [2.05, 4.69) is 0 Å². The summed E-state index contributed by atoms with van der Waals surface area (Å²) in [7, 11) is -5.78. The van der Waals surface area contributed by atoms with Gasteiger partial charge in [0.2, 0.25) is 0 Å². The van der Waals surface area contributed by atoms with Crippen molar-refractivity contribution in [3.63, 3.8) is 0 Å². The molecule has 7 nitrogen and oxygen atoms in total. The Kier molecular flexibility index (Phi) is 9.54. The molecule has 0 fully saturated rings. The van der Waals surface area contributed by atoms with Crippen molar-refractivity contribution >= 4 is 15.3 Å². The Morgan fingerprint density at radius 1 is 0.840 bits per heavy atom. The number of hydrogen-bond donors (Lipinski definition) is 0. The molecule has 0 aromatic heterocycles. The lowest BCUT2D eigenvalue weighted by Crippen LogP contribution is -2.26. The molecule has 0 saturated carbocycles. The molecule has 1 aromatic carbocycles. The molecule has 1 rings (SSSR count). The summed E-state index contributed by atoms with van der Waals surface area (Å²) >= 11 is 0. The van der Waals surface area contributed by atoms with Gasteiger partial charge in [0.15, 0.2) is 0 Å². The molecular weight excluding hydrogens is 364 g/mol. The average molecular weight is 393 g/mol. The van der Waals surface area contributed by atoms with Crippen LogP contribution in [0.5, 0.6) is 0 Å². The first-order valence-corrected chi connectivity index (χ1v) is 11.5. The van der Waals surface area contributed by atoms with Crippen LogP contribution >= 0.6 is 15.3 Å². The van der Waals surface area contributed by atoms with Gasteiger partial charge >= 0.3 is 15.3 Å². The van der Waals surface area contributed by atoms with Crippen LogP contribution in [0.4, 0.5) is 0 Å². The van der Waals surface area contributed by atoms with Crippen molar-refractivity contribution in [3.05, 3.63) is 35.9 Å². The second-order valence-electron chi connectivity index (χ2n) is 5.04. The summed E-state index contributed by atoms with van der Waals surface area (Å²) in [6, 6.07) is 9.04. The van der Waals surface area contributed by atoms with Crippen LogP contribution in [0.25, 0.3) is 0 Å². The Morgan fingerprint density at radius 3 is 1.68 bits per heavy atom. The highest BCUT2D eigenvalue weighted by molar-refractivity contribution is 7.56. The fraction of sp³-hybridized carbons (Fsp3) is 0.625. The third kappa shape index (κ3) is 5.73. The zero-order valence-corrected chi connectivity index (χ0v) is 17.4. The molecule has 1 atom stereocenters. The standard InChI is InChI=1S/C16H29NO6P2/c1-6-20-24(18,21-7-2)16(15-13-11-10-12-14-15)17(5)25(19,22-8-3)23-9-4/h10-14,16H,6-9H2,1-5H3. The Bertz CT molecular complexity index is 578. The molecule has 0 aliphatic heterocycles. The molecule has 9 heteroatoms. The van der Waals surface area contributed by atoms with Crippen LogP contribution in [0.2, 0.25) is 0 Å². The number of rotatable bonds is 12. The van der Waals surface area contributed by atoms with Crippen LogP contribution in [0.1, 0.15) is 39.0 Å². The molecule has 0 aliphatic rings. The maximum atomic E-state index is 13.5. The molecular formula is C16H29NO6P2. The molecule has 1 aromatic rings. The van der Waals surface area contributed by atoms with Gasteiger partial charge in [-0.3, -0.25) is 13.6 Å². The lowest BCUT2D eigenvalue weighted by Gasteiger charge is -2.36. The summed E-state index contributed by atoms with van der Waals surface area (Å²) in [6.45, 7) is 7.69. The molecule has 144 valence electrons. The Morgan fingerprint density at radius 2 is 1.28 bits per heavy atom. The van der Waals surface area contributed by atoms with Crippen molar-refractivity contribution in [3.8, 4) is 0 Å². The summed E-state index contributed by atoms with van der Waals surface area (Å²) in [4.78, 5) is 0. The highest BCUT2D eigenvalue weighted by atomic mass is 31.2. The van der Waals surface area contributed by atoms with E-state index in [0.29, 0.717) is 5.56 Å². The molecule has 0 saturated heterocycles. The van der Waals surface area contributed by atoms with Crippen LogP contribution in [0, 0.1) is 0 Å². The van der Waals surface area contributed by atoms with E-state index in [-0.39, 0.29) is 26.4 Å². The fourth-order valence-electron chi connectivity index (χ4n) is 2.45. The predicted octanol–water partition coefficient (Wildman–Crippen LogP) is 5.06. The van der Waals surface area contributed by atoms with Crippen molar-refractivity contribution in [1.82, 2.24) is 4.67 Å². The Hall–Kier alpha value is -0.520. The third-order valence-electron chi connectivity index (χ3n) is 3.34. The van der Waals surface area contributed by atoms with Crippen molar-refractivity contribution in [2.24, 2.45) is 0 Å². The predicted molar refractivity (Wildman–Crippen MR) is 98.7 cm³/mol. The highest BCUT2D eigenvalue weighted by Gasteiger charge is 2.47. The summed E-state index contributed by atoms with van der Waals surface area (Å²) in [5, 5.41) is 0. The minimum atomic E-state index is -3.67. The van der Waals surface area contributed by atoms with Gasteiger partial charge in [0.05, 0.1) is 26.4 Å². The molecule has 25 heavy (non-hydrogen) atoms. The van der Waals surface area contributed by atoms with E-state index < -0.39 is 21.1 Å². The number of nitrogens with zero attached hydrogens (tertiary/aromatic N) is 1. The van der Waals surface area contributed by atoms with Gasteiger partial charge in [-0.1, -0.05) is 30.3 Å². The fourth-order valence-corrected chi connectivity index (χ4v) is 6.72. The molecule has 0 amide bonds. The van der Waals surface area contributed by atoms with Crippen molar-refractivity contribution in [2.45, 2.75) is 33.5 Å². The van der Waals surface area contributed by atoms with E-state index in [1.54, 1.807) is 46.9 Å². The minimum Gasteiger partial charge on any atom is -0.308 e. The van der Waals surface area contributed by atoms with Crippen LogP contribution in [0.15, 0.2) is 30.3 Å². The maximum Gasteiger partial charge on any atom is 0.409 e. The molecule has 0 spiro atoms. The zero-order valence-electron chi connectivity index (χ0n) is 15.6. The second kappa shape index (κ2) is 10.6. The van der Waals surface area contributed by atoms with Gasteiger partial charge in [-0.05, 0) is 40.3 Å².